The Hall–Kier alpha value is -3.68. The second kappa shape index (κ2) is 9.42. The Morgan fingerprint density at radius 3 is 2.10 bits per heavy atom. The normalized spacial score (nSPS) is 11.1. The molecular weight excluding hydrogens is 396 g/mol. The Morgan fingerprint density at radius 2 is 1.55 bits per heavy atom. The van der Waals surface area contributed by atoms with E-state index in [1.807, 2.05) is 60.7 Å². The van der Waals surface area contributed by atoms with Gasteiger partial charge in [0.15, 0.2) is 5.82 Å². The van der Waals surface area contributed by atoms with Gasteiger partial charge in [0.05, 0.1) is 20.2 Å². The molecule has 31 heavy (non-hydrogen) atoms. The lowest BCUT2D eigenvalue weighted by atomic mass is 10.2. The fourth-order valence-corrected chi connectivity index (χ4v) is 2.98. The van der Waals surface area contributed by atoms with E-state index in [1.54, 1.807) is 20.8 Å². The van der Waals surface area contributed by atoms with Crippen molar-refractivity contribution >= 4 is 17.9 Å². The summed E-state index contributed by atoms with van der Waals surface area (Å²) in [7, 11) is 1.26. The maximum Gasteiger partial charge on any atom is 0.416 e. The van der Waals surface area contributed by atoms with Gasteiger partial charge < -0.3 is 9.47 Å². The predicted molar refractivity (Wildman–Crippen MR) is 116 cm³/mol. The van der Waals surface area contributed by atoms with Gasteiger partial charge in [-0.3, -0.25) is 4.90 Å². The molecule has 0 spiro atoms. The molecule has 0 fully saturated rings. The van der Waals surface area contributed by atoms with Gasteiger partial charge in [-0.2, -0.15) is 0 Å². The maximum atomic E-state index is 13.2. The second-order valence-electron chi connectivity index (χ2n) is 7.95. The third-order valence-electron chi connectivity index (χ3n) is 4.32. The molecule has 0 bridgehead atoms. The minimum absolute atomic E-state index is 0.0554. The molecule has 0 aliphatic heterocycles. The van der Waals surface area contributed by atoms with Gasteiger partial charge in [-0.25, -0.2) is 14.3 Å². The number of amides is 1. The Labute approximate surface area is 181 Å². The van der Waals surface area contributed by atoms with Crippen molar-refractivity contribution in [2.75, 3.05) is 12.0 Å². The molecule has 1 amide bonds. The van der Waals surface area contributed by atoms with E-state index in [1.165, 1.54) is 16.7 Å². The van der Waals surface area contributed by atoms with E-state index in [4.69, 9.17) is 9.47 Å². The summed E-state index contributed by atoms with van der Waals surface area (Å²) in [6.45, 7) is 5.83. The van der Waals surface area contributed by atoms with Crippen molar-refractivity contribution < 1.29 is 19.1 Å². The fourth-order valence-electron chi connectivity index (χ4n) is 2.98. The zero-order valence-corrected chi connectivity index (χ0v) is 18.1. The lowest BCUT2D eigenvalue weighted by molar-refractivity contribution is 0.0572. The van der Waals surface area contributed by atoms with Gasteiger partial charge in [-0.15, -0.1) is 5.10 Å². The van der Waals surface area contributed by atoms with Gasteiger partial charge in [0.25, 0.3) is 0 Å². The van der Waals surface area contributed by atoms with Crippen LogP contribution in [0.5, 0.6) is 0 Å². The number of carbonyl (C=O) groups is 2. The van der Waals surface area contributed by atoms with Crippen LogP contribution in [-0.4, -0.2) is 39.8 Å². The third kappa shape index (κ3) is 5.69. The smallest absolute Gasteiger partial charge is 0.416 e. The maximum absolute atomic E-state index is 13.2. The number of anilines is 1. The number of esters is 1. The van der Waals surface area contributed by atoms with Crippen LogP contribution in [0.15, 0.2) is 60.7 Å². The quantitative estimate of drug-likeness (QED) is 0.557. The molecule has 0 saturated heterocycles. The lowest BCUT2D eigenvalue weighted by Gasteiger charge is -2.28. The molecule has 3 rings (SSSR count). The van der Waals surface area contributed by atoms with E-state index < -0.39 is 17.7 Å². The summed E-state index contributed by atoms with van der Waals surface area (Å²) in [4.78, 5) is 27.0. The topological polar surface area (TPSA) is 86.5 Å². The zero-order valence-electron chi connectivity index (χ0n) is 18.1. The standard InChI is InChI=1S/C23H26N4O4/c1-23(2,3)31-22(29)26(15-17-11-7-5-8-12-17)20-19(21(28)30-4)24-25-27(20)16-18-13-9-6-10-14-18/h5-14H,15-16H2,1-4H3. The van der Waals surface area contributed by atoms with Crippen molar-refractivity contribution in [1.29, 1.82) is 0 Å². The highest BCUT2D eigenvalue weighted by Crippen LogP contribution is 2.25. The van der Waals surface area contributed by atoms with Gasteiger partial charge in [0.1, 0.15) is 5.60 Å². The number of nitrogens with zero attached hydrogens (tertiary/aromatic N) is 4. The minimum atomic E-state index is -0.727. The minimum Gasteiger partial charge on any atom is -0.464 e. The molecule has 0 aliphatic rings. The Balaban J connectivity index is 2.09. The number of hydrogen-bond acceptors (Lipinski definition) is 6. The Bertz CT molecular complexity index is 1030. The second-order valence-corrected chi connectivity index (χ2v) is 7.95. The molecule has 1 heterocycles. The van der Waals surface area contributed by atoms with Crippen molar-refractivity contribution in [3.8, 4) is 0 Å². The molecule has 0 saturated carbocycles. The van der Waals surface area contributed by atoms with Crippen LogP contribution < -0.4 is 4.90 Å². The van der Waals surface area contributed by atoms with Crippen LogP contribution in [0.25, 0.3) is 0 Å². The molecule has 8 heteroatoms. The van der Waals surface area contributed by atoms with E-state index >= 15 is 0 Å². The van der Waals surface area contributed by atoms with Gasteiger partial charge >= 0.3 is 12.1 Å². The number of aromatic nitrogens is 3. The SMILES string of the molecule is COC(=O)c1nnn(Cc2ccccc2)c1N(Cc1ccccc1)C(=O)OC(C)(C)C. The third-order valence-corrected chi connectivity index (χ3v) is 4.32. The van der Waals surface area contributed by atoms with Crippen molar-refractivity contribution in [3.63, 3.8) is 0 Å². The zero-order chi connectivity index (χ0) is 22.4. The first kappa shape index (κ1) is 22.0. The lowest BCUT2D eigenvalue weighted by Crippen LogP contribution is -2.38. The number of hydrogen-bond donors (Lipinski definition) is 0. The van der Waals surface area contributed by atoms with Crippen LogP contribution in [0, 0.1) is 0 Å². The van der Waals surface area contributed by atoms with E-state index in [0.29, 0.717) is 6.54 Å². The van der Waals surface area contributed by atoms with Crippen LogP contribution >= 0.6 is 0 Å². The molecule has 1 aromatic heterocycles. The van der Waals surface area contributed by atoms with Crippen molar-refractivity contribution in [3.05, 3.63) is 77.5 Å². The van der Waals surface area contributed by atoms with Crippen molar-refractivity contribution in [2.45, 2.75) is 39.5 Å². The summed E-state index contributed by atoms with van der Waals surface area (Å²) in [5.41, 5.74) is 1.01. The number of methoxy groups -OCH3 is 1. The van der Waals surface area contributed by atoms with E-state index in [0.717, 1.165) is 11.1 Å². The van der Waals surface area contributed by atoms with Crippen LogP contribution in [0.3, 0.4) is 0 Å². The van der Waals surface area contributed by atoms with E-state index in [9.17, 15) is 9.59 Å². The molecule has 8 nitrogen and oxygen atoms in total. The van der Waals surface area contributed by atoms with E-state index in [-0.39, 0.29) is 18.1 Å². The van der Waals surface area contributed by atoms with Crippen LogP contribution in [0.4, 0.5) is 10.6 Å². The summed E-state index contributed by atoms with van der Waals surface area (Å²) in [5.74, 6) is -0.468. The van der Waals surface area contributed by atoms with Crippen LogP contribution in [0.2, 0.25) is 0 Å². The predicted octanol–water partition coefficient (Wildman–Crippen LogP) is 4.05. The van der Waals surface area contributed by atoms with Crippen molar-refractivity contribution in [1.82, 2.24) is 15.0 Å². The number of carbonyl (C=O) groups excluding carboxylic acids is 2. The first-order valence-electron chi connectivity index (χ1n) is 9.88. The molecule has 0 radical (unpaired) electrons. The average Bonchev–Trinajstić information content (AvgIpc) is 3.14. The van der Waals surface area contributed by atoms with Crippen LogP contribution in [-0.2, 0) is 22.6 Å². The molecule has 162 valence electrons. The Morgan fingerprint density at radius 1 is 0.968 bits per heavy atom. The summed E-state index contributed by atoms with van der Waals surface area (Å²) in [6.07, 6.45) is -0.613. The molecular formula is C23H26N4O4. The molecule has 3 aromatic rings. The van der Waals surface area contributed by atoms with Gasteiger partial charge in [-0.1, -0.05) is 65.9 Å². The van der Waals surface area contributed by atoms with Gasteiger partial charge in [0, 0.05) is 0 Å². The molecule has 0 aliphatic carbocycles. The van der Waals surface area contributed by atoms with Gasteiger partial charge in [0.2, 0.25) is 5.69 Å². The summed E-state index contributed by atoms with van der Waals surface area (Å²) in [5, 5.41) is 8.15. The first-order valence-corrected chi connectivity index (χ1v) is 9.88. The number of rotatable bonds is 6. The van der Waals surface area contributed by atoms with Gasteiger partial charge in [-0.05, 0) is 31.9 Å². The fraction of sp³-hybridized carbons (Fsp3) is 0.304. The van der Waals surface area contributed by atoms with Crippen molar-refractivity contribution in [2.24, 2.45) is 0 Å². The first-order chi connectivity index (χ1) is 14.8. The number of ether oxygens (including phenoxy) is 2. The molecule has 2 aromatic carbocycles. The monoisotopic (exact) mass is 422 g/mol. The van der Waals surface area contributed by atoms with E-state index in [2.05, 4.69) is 10.3 Å². The molecule has 0 N–H and O–H groups in total. The molecule has 0 unspecified atom stereocenters. The summed E-state index contributed by atoms with van der Waals surface area (Å²) >= 11 is 0. The summed E-state index contributed by atoms with van der Waals surface area (Å²) in [6, 6.07) is 19.0. The average molecular weight is 422 g/mol. The summed E-state index contributed by atoms with van der Waals surface area (Å²) < 4.78 is 12.0. The van der Waals surface area contributed by atoms with Crippen LogP contribution in [0.1, 0.15) is 42.4 Å². The largest absolute Gasteiger partial charge is 0.464 e. The number of benzene rings is 2. The highest BCUT2D eigenvalue weighted by molar-refractivity contribution is 5.98. The Kier molecular flexibility index (Phi) is 6.69. The highest BCUT2D eigenvalue weighted by atomic mass is 16.6. The highest BCUT2D eigenvalue weighted by Gasteiger charge is 2.32. The molecule has 0 atom stereocenters.